The average Bonchev–Trinajstić information content (AvgIpc) is 2.46. The number of nitrogens with zero attached hydrogens (tertiary/aromatic N) is 1. The van der Waals surface area contributed by atoms with Gasteiger partial charge in [-0.25, -0.2) is 0 Å². The van der Waals surface area contributed by atoms with Gasteiger partial charge >= 0.3 is 0 Å². The van der Waals surface area contributed by atoms with E-state index in [4.69, 9.17) is 10.5 Å². The van der Waals surface area contributed by atoms with E-state index in [1.54, 1.807) is 0 Å². The van der Waals surface area contributed by atoms with Gasteiger partial charge in [0.2, 0.25) is 0 Å². The monoisotopic (exact) mass is 272 g/mol. The summed E-state index contributed by atoms with van der Waals surface area (Å²) in [4.78, 5) is 14.4. The molecule has 0 radical (unpaired) electrons. The lowest BCUT2D eigenvalue weighted by Crippen LogP contribution is -2.47. The summed E-state index contributed by atoms with van der Waals surface area (Å²) in [7, 11) is 0. The summed E-state index contributed by atoms with van der Waals surface area (Å²) in [5.41, 5.74) is 7.99. The van der Waals surface area contributed by atoms with Crippen LogP contribution in [-0.4, -0.2) is 43.2 Å². The second-order valence-electron chi connectivity index (χ2n) is 4.96. The molecule has 2 N–H and O–H groups in total. The quantitative estimate of drug-likeness (QED) is 0.781. The standard InChI is InChI=1S/C16H20N2O2/c1-12-10-15(6-5-14(12)4-3-7-17)16(19)18-8-9-20-11-13(18)2/h5-6,10,13H,7-9,11,17H2,1-2H3. The van der Waals surface area contributed by atoms with Crippen LogP contribution in [0.3, 0.4) is 0 Å². The van der Waals surface area contributed by atoms with Crippen molar-refractivity contribution in [2.45, 2.75) is 19.9 Å². The molecule has 1 fully saturated rings. The Morgan fingerprint density at radius 1 is 1.55 bits per heavy atom. The van der Waals surface area contributed by atoms with Gasteiger partial charge in [0, 0.05) is 17.7 Å². The zero-order chi connectivity index (χ0) is 14.5. The number of hydrogen-bond donors (Lipinski definition) is 1. The van der Waals surface area contributed by atoms with Gasteiger partial charge in [-0.2, -0.15) is 0 Å². The molecule has 0 spiro atoms. The summed E-state index contributed by atoms with van der Waals surface area (Å²) in [6.45, 7) is 6.16. The number of benzene rings is 1. The first kappa shape index (κ1) is 14.6. The maximum absolute atomic E-state index is 12.5. The Balaban J connectivity index is 2.20. The minimum Gasteiger partial charge on any atom is -0.377 e. The number of nitrogens with two attached hydrogens (primary N) is 1. The van der Waals surface area contributed by atoms with Gasteiger partial charge in [0.25, 0.3) is 5.91 Å². The van der Waals surface area contributed by atoms with Crippen LogP contribution in [0.5, 0.6) is 0 Å². The van der Waals surface area contributed by atoms with Crippen molar-refractivity contribution in [1.82, 2.24) is 4.90 Å². The third-order valence-corrected chi connectivity index (χ3v) is 3.43. The van der Waals surface area contributed by atoms with Gasteiger partial charge in [-0.15, -0.1) is 0 Å². The zero-order valence-electron chi connectivity index (χ0n) is 12.0. The maximum atomic E-state index is 12.5. The van der Waals surface area contributed by atoms with Gasteiger partial charge in [-0.3, -0.25) is 4.79 Å². The number of hydrogen-bond acceptors (Lipinski definition) is 3. The highest BCUT2D eigenvalue weighted by Crippen LogP contribution is 2.15. The first-order chi connectivity index (χ1) is 9.63. The highest BCUT2D eigenvalue weighted by Gasteiger charge is 2.24. The van der Waals surface area contributed by atoms with Crippen LogP contribution < -0.4 is 5.73 Å². The van der Waals surface area contributed by atoms with Crippen molar-refractivity contribution in [1.29, 1.82) is 0 Å². The molecule has 1 heterocycles. The molecule has 106 valence electrons. The van der Waals surface area contributed by atoms with Crippen molar-refractivity contribution in [3.63, 3.8) is 0 Å². The minimum atomic E-state index is 0.0576. The number of carbonyl (C=O) groups is 1. The lowest BCUT2D eigenvalue weighted by atomic mass is 10.0. The summed E-state index contributed by atoms with van der Waals surface area (Å²) in [5, 5.41) is 0. The molecule has 1 atom stereocenters. The zero-order valence-corrected chi connectivity index (χ0v) is 12.0. The van der Waals surface area contributed by atoms with Gasteiger partial charge < -0.3 is 15.4 Å². The van der Waals surface area contributed by atoms with Crippen LogP contribution in [0.4, 0.5) is 0 Å². The van der Waals surface area contributed by atoms with Gasteiger partial charge in [0.15, 0.2) is 0 Å². The van der Waals surface area contributed by atoms with Crippen LogP contribution in [-0.2, 0) is 4.74 Å². The fraction of sp³-hybridized carbons (Fsp3) is 0.438. The van der Waals surface area contributed by atoms with Gasteiger partial charge in [-0.05, 0) is 37.6 Å². The van der Waals surface area contributed by atoms with E-state index in [2.05, 4.69) is 11.8 Å². The Bertz CT molecular complexity index is 557. The predicted molar refractivity (Wildman–Crippen MR) is 78.4 cm³/mol. The second-order valence-corrected chi connectivity index (χ2v) is 4.96. The van der Waals surface area contributed by atoms with E-state index in [9.17, 15) is 4.79 Å². The van der Waals surface area contributed by atoms with Gasteiger partial charge in [0.1, 0.15) is 0 Å². The third-order valence-electron chi connectivity index (χ3n) is 3.43. The molecule has 1 aliphatic rings. The molecule has 0 bridgehead atoms. The van der Waals surface area contributed by atoms with Crippen LogP contribution in [0.15, 0.2) is 18.2 Å². The molecule has 1 aliphatic heterocycles. The van der Waals surface area contributed by atoms with Crippen LogP contribution in [0, 0.1) is 18.8 Å². The Kier molecular flexibility index (Phi) is 4.78. The topological polar surface area (TPSA) is 55.6 Å². The summed E-state index contributed by atoms with van der Waals surface area (Å²) >= 11 is 0. The summed E-state index contributed by atoms with van der Waals surface area (Å²) < 4.78 is 5.36. The molecular formula is C16H20N2O2. The Morgan fingerprint density at radius 3 is 3.00 bits per heavy atom. The van der Waals surface area contributed by atoms with Gasteiger partial charge in [-0.1, -0.05) is 11.8 Å². The average molecular weight is 272 g/mol. The summed E-state index contributed by atoms with van der Waals surface area (Å²) in [6.07, 6.45) is 0. The van der Waals surface area contributed by atoms with Crippen molar-refractivity contribution in [3.05, 3.63) is 34.9 Å². The number of carbonyl (C=O) groups excluding carboxylic acids is 1. The van der Waals surface area contributed by atoms with Crippen LogP contribution in [0.25, 0.3) is 0 Å². The minimum absolute atomic E-state index is 0.0576. The summed E-state index contributed by atoms with van der Waals surface area (Å²) in [5.74, 6) is 5.90. The van der Waals surface area contributed by atoms with Crippen molar-refractivity contribution < 1.29 is 9.53 Å². The second kappa shape index (κ2) is 6.56. The van der Waals surface area contributed by atoms with Gasteiger partial charge in [0.05, 0.1) is 25.8 Å². The first-order valence-corrected chi connectivity index (χ1v) is 6.81. The summed E-state index contributed by atoms with van der Waals surface area (Å²) in [6, 6.07) is 5.73. The number of aryl methyl sites for hydroxylation is 1. The van der Waals surface area contributed by atoms with Crippen LogP contribution >= 0.6 is 0 Å². The molecule has 1 unspecified atom stereocenters. The lowest BCUT2D eigenvalue weighted by Gasteiger charge is -2.33. The predicted octanol–water partition coefficient (Wildman–Crippen LogP) is 1.17. The molecule has 1 saturated heterocycles. The molecular weight excluding hydrogens is 252 g/mol. The fourth-order valence-electron chi connectivity index (χ4n) is 2.28. The maximum Gasteiger partial charge on any atom is 0.254 e. The van der Waals surface area contributed by atoms with E-state index in [0.29, 0.717) is 31.9 Å². The number of morpholine rings is 1. The normalized spacial score (nSPS) is 18.4. The van der Waals surface area contributed by atoms with E-state index in [1.165, 1.54) is 0 Å². The van der Waals surface area contributed by atoms with Crippen LogP contribution in [0.1, 0.15) is 28.4 Å². The van der Waals surface area contributed by atoms with E-state index in [0.717, 1.165) is 11.1 Å². The Labute approximate surface area is 119 Å². The van der Waals surface area contributed by atoms with Crippen molar-refractivity contribution in [3.8, 4) is 11.8 Å². The van der Waals surface area contributed by atoms with E-state index < -0.39 is 0 Å². The molecule has 2 rings (SSSR count). The third kappa shape index (κ3) is 3.19. The van der Waals surface area contributed by atoms with Crippen molar-refractivity contribution >= 4 is 5.91 Å². The molecule has 4 nitrogen and oxygen atoms in total. The molecule has 0 saturated carbocycles. The molecule has 1 amide bonds. The first-order valence-electron chi connectivity index (χ1n) is 6.81. The molecule has 0 aliphatic carbocycles. The lowest BCUT2D eigenvalue weighted by molar-refractivity contribution is 0.00359. The number of ether oxygens (including phenoxy) is 1. The molecule has 20 heavy (non-hydrogen) atoms. The SMILES string of the molecule is Cc1cc(C(=O)N2CCOCC2C)ccc1C#CCN. The number of amides is 1. The van der Waals surface area contributed by atoms with Crippen molar-refractivity contribution in [2.24, 2.45) is 5.73 Å². The molecule has 0 aromatic heterocycles. The fourth-order valence-corrected chi connectivity index (χ4v) is 2.28. The Morgan fingerprint density at radius 2 is 2.35 bits per heavy atom. The van der Waals surface area contributed by atoms with E-state index in [1.807, 2.05) is 36.9 Å². The van der Waals surface area contributed by atoms with E-state index >= 15 is 0 Å². The highest BCUT2D eigenvalue weighted by atomic mass is 16.5. The molecule has 1 aromatic carbocycles. The van der Waals surface area contributed by atoms with Crippen LogP contribution in [0.2, 0.25) is 0 Å². The number of rotatable bonds is 1. The smallest absolute Gasteiger partial charge is 0.254 e. The largest absolute Gasteiger partial charge is 0.377 e. The van der Waals surface area contributed by atoms with E-state index in [-0.39, 0.29) is 11.9 Å². The Hall–Kier alpha value is -1.83. The van der Waals surface area contributed by atoms with Crippen molar-refractivity contribution in [2.75, 3.05) is 26.3 Å². The highest BCUT2D eigenvalue weighted by molar-refractivity contribution is 5.94. The molecule has 1 aromatic rings. The molecule has 4 heteroatoms.